The zero-order valence-electron chi connectivity index (χ0n) is 18.2. The maximum atomic E-state index is 13.6. The van der Waals surface area contributed by atoms with Crippen molar-refractivity contribution in [3.8, 4) is 22.4 Å². The summed E-state index contributed by atoms with van der Waals surface area (Å²) >= 11 is 0. The highest BCUT2D eigenvalue weighted by Crippen LogP contribution is 2.24. The van der Waals surface area contributed by atoms with Gasteiger partial charge in [-0.25, -0.2) is 4.39 Å². The lowest BCUT2D eigenvalue weighted by Crippen LogP contribution is -2.23. The van der Waals surface area contributed by atoms with Crippen molar-refractivity contribution < 1.29 is 9.18 Å². The van der Waals surface area contributed by atoms with Crippen LogP contribution in [0.5, 0.6) is 0 Å². The minimum absolute atomic E-state index is 0.279. The van der Waals surface area contributed by atoms with Gasteiger partial charge in [-0.1, -0.05) is 18.2 Å². The molecular formula is C26H23FN4O. The van der Waals surface area contributed by atoms with E-state index in [1.54, 1.807) is 36.8 Å². The summed E-state index contributed by atoms with van der Waals surface area (Å²) in [5.74, 6) is -0.583. The first-order chi connectivity index (χ1) is 15.4. The molecule has 4 rings (SSSR count). The number of rotatable bonds is 5. The molecule has 32 heavy (non-hydrogen) atoms. The van der Waals surface area contributed by atoms with Crippen LogP contribution < -0.4 is 5.32 Å². The number of hydrogen-bond donors (Lipinski definition) is 1. The Morgan fingerprint density at radius 2 is 1.72 bits per heavy atom. The van der Waals surface area contributed by atoms with Gasteiger partial charge in [-0.05, 0) is 73.4 Å². The van der Waals surface area contributed by atoms with Gasteiger partial charge in [-0.15, -0.1) is 0 Å². The monoisotopic (exact) mass is 426 g/mol. The van der Waals surface area contributed by atoms with Crippen LogP contribution in [0.25, 0.3) is 22.4 Å². The third-order valence-electron chi connectivity index (χ3n) is 5.26. The highest BCUT2D eigenvalue weighted by molar-refractivity contribution is 5.92. The zero-order chi connectivity index (χ0) is 22.7. The molecule has 0 unspecified atom stereocenters. The fourth-order valence-corrected chi connectivity index (χ4v) is 3.59. The topological polar surface area (TPSA) is 67.8 Å². The molecule has 0 aliphatic heterocycles. The maximum Gasteiger partial charge on any atom is 0.270 e. The second kappa shape index (κ2) is 9.06. The molecule has 160 valence electrons. The Hall–Kier alpha value is -3.93. The van der Waals surface area contributed by atoms with Crippen molar-refractivity contribution in [3.63, 3.8) is 0 Å². The normalized spacial score (nSPS) is 10.8. The molecule has 0 saturated heterocycles. The molecule has 1 aromatic carbocycles. The summed E-state index contributed by atoms with van der Waals surface area (Å²) in [6.45, 7) is 6.20. The Balaban J connectivity index is 1.43. The van der Waals surface area contributed by atoms with Gasteiger partial charge in [0, 0.05) is 42.0 Å². The highest BCUT2D eigenvalue weighted by atomic mass is 19.1. The van der Waals surface area contributed by atoms with Gasteiger partial charge in [-0.3, -0.25) is 19.7 Å². The van der Waals surface area contributed by atoms with E-state index in [4.69, 9.17) is 0 Å². The van der Waals surface area contributed by atoms with E-state index in [-0.39, 0.29) is 11.7 Å². The molecule has 0 radical (unpaired) electrons. The number of pyridine rings is 3. The summed E-state index contributed by atoms with van der Waals surface area (Å²) in [7, 11) is 0. The van der Waals surface area contributed by atoms with Gasteiger partial charge >= 0.3 is 0 Å². The molecule has 4 aromatic rings. The summed E-state index contributed by atoms with van der Waals surface area (Å²) < 4.78 is 13.6. The van der Waals surface area contributed by atoms with E-state index in [2.05, 4.69) is 20.3 Å². The standard InChI is InChI=1S/C26H23FN4O/c1-16-4-6-22(27)12-23(16)21-5-7-24(29-15-21)26(32)31-14-19-10-17(2)25(30-13-19)20-8-9-28-18(3)11-20/h4-13,15H,14H2,1-3H3,(H,31,32). The van der Waals surface area contributed by atoms with E-state index in [1.165, 1.54) is 12.1 Å². The Bertz CT molecular complexity index is 1290. The number of aromatic nitrogens is 3. The van der Waals surface area contributed by atoms with Crippen LogP contribution in [-0.4, -0.2) is 20.9 Å². The van der Waals surface area contributed by atoms with Crippen LogP contribution >= 0.6 is 0 Å². The van der Waals surface area contributed by atoms with E-state index < -0.39 is 0 Å². The Morgan fingerprint density at radius 3 is 2.44 bits per heavy atom. The second-order valence-corrected chi connectivity index (χ2v) is 7.77. The van der Waals surface area contributed by atoms with Crippen molar-refractivity contribution in [2.24, 2.45) is 0 Å². The molecule has 0 aliphatic rings. The van der Waals surface area contributed by atoms with Gasteiger partial charge in [0.1, 0.15) is 11.5 Å². The number of benzene rings is 1. The molecule has 0 fully saturated rings. The molecule has 0 aliphatic carbocycles. The number of carbonyl (C=O) groups is 1. The van der Waals surface area contributed by atoms with Crippen molar-refractivity contribution >= 4 is 5.91 Å². The lowest BCUT2D eigenvalue weighted by Gasteiger charge is -2.10. The van der Waals surface area contributed by atoms with Gasteiger partial charge in [-0.2, -0.15) is 0 Å². The molecule has 5 nitrogen and oxygen atoms in total. The summed E-state index contributed by atoms with van der Waals surface area (Å²) in [5.41, 5.74) is 7.54. The number of halogens is 1. The number of nitrogens with one attached hydrogen (secondary N) is 1. The molecule has 6 heteroatoms. The van der Waals surface area contributed by atoms with Crippen LogP contribution in [0.1, 0.15) is 32.9 Å². The summed E-state index contributed by atoms with van der Waals surface area (Å²) in [6.07, 6.45) is 5.13. The minimum atomic E-state index is -0.304. The van der Waals surface area contributed by atoms with Crippen LogP contribution in [0.3, 0.4) is 0 Å². The van der Waals surface area contributed by atoms with E-state index >= 15 is 0 Å². The van der Waals surface area contributed by atoms with E-state index in [0.29, 0.717) is 12.2 Å². The quantitative estimate of drug-likeness (QED) is 0.476. The van der Waals surface area contributed by atoms with E-state index in [1.807, 2.05) is 39.0 Å². The minimum Gasteiger partial charge on any atom is -0.347 e. The smallest absolute Gasteiger partial charge is 0.270 e. The number of amides is 1. The lowest BCUT2D eigenvalue weighted by atomic mass is 10.0. The van der Waals surface area contributed by atoms with Crippen LogP contribution in [0.15, 0.2) is 67.1 Å². The number of carbonyl (C=O) groups excluding carboxylic acids is 1. The fourth-order valence-electron chi connectivity index (χ4n) is 3.59. The summed E-state index contributed by atoms with van der Waals surface area (Å²) in [6, 6.07) is 14.0. The van der Waals surface area contributed by atoms with Gasteiger partial charge in [0.15, 0.2) is 0 Å². The van der Waals surface area contributed by atoms with Crippen LogP contribution in [-0.2, 0) is 6.54 Å². The second-order valence-electron chi connectivity index (χ2n) is 7.77. The van der Waals surface area contributed by atoms with Crippen molar-refractivity contribution in [3.05, 3.63) is 101 Å². The molecule has 3 heterocycles. The molecular weight excluding hydrogens is 403 g/mol. The maximum absolute atomic E-state index is 13.6. The molecule has 0 saturated carbocycles. The van der Waals surface area contributed by atoms with E-state index in [0.717, 1.165) is 44.8 Å². The van der Waals surface area contributed by atoms with E-state index in [9.17, 15) is 9.18 Å². The first-order valence-electron chi connectivity index (χ1n) is 10.3. The number of aryl methyl sites for hydroxylation is 3. The van der Waals surface area contributed by atoms with Gasteiger partial charge in [0.2, 0.25) is 0 Å². The third kappa shape index (κ3) is 4.70. The molecule has 0 atom stereocenters. The molecule has 1 N–H and O–H groups in total. The van der Waals surface area contributed by atoms with Crippen molar-refractivity contribution in [1.29, 1.82) is 0 Å². The predicted molar refractivity (Wildman–Crippen MR) is 122 cm³/mol. The molecule has 1 amide bonds. The number of nitrogens with zero attached hydrogens (tertiary/aromatic N) is 3. The van der Waals surface area contributed by atoms with Crippen LogP contribution in [0.2, 0.25) is 0 Å². The van der Waals surface area contributed by atoms with Crippen LogP contribution in [0.4, 0.5) is 4.39 Å². The lowest BCUT2D eigenvalue weighted by molar-refractivity contribution is 0.0946. The van der Waals surface area contributed by atoms with Gasteiger partial charge < -0.3 is 5.32 Å². The Morgan fingerprint density at radius 1 is 0.875 bits per heavy atom. The molecule has 0 bridgehead atoms. The largest absolute Gasteiger partial charge is 0.347 e. The average Bonchev–Trinajstić information content (AvgIpc) is 2.79. The predicted octanol–water partition coefficient (Wildman–Crippen LogP) is 5.20. The molecule has 3 aromatic heterocycles. The fraction of sp³-hybridized carbons (Fsp3) is 0.154. The highest BCUT2D eigenvalue weighted by Gasteiger charge is 2.11. The first-order valence-corrected chi connectivity index (χ1v) is 10.3. The van der Waals surface area contributed by atoms with Crippen molar-refractivity contribution in [2.45, 2.75) is 27.3 Å². The Kier molecular flexibility index (Phi) is 6.03. The van der Waals surface area contributed by atoms with Crippen molar-refractivity contribution in [2.75, 3.05) is 0 Å². The number of hydrogen-bond acceptors (Lipinski definition) is 4. The van der Waals surface area contributed by atoms with Gasteiger partial charge in [0.05, 0.1) is 5.69 Å². The summed E-state index contributed by atoms with van der Waals surface area (Å²) in [5, 5.41) is 2.88. The Labute approximate surface area is 186 Å². The first kappa shape index (κ1) is 21.3. The third-order valence-corrected chi connectivity index (χ3v) is 5.26. The van der Waals surface area contributed by atoms with Crippen molar-refractivity contribution in [1.82, 2.24) is 20.3 Å². The molecule has 0 spiro atoms. The SMILES string of the molecule is Cc1cc(-c2ncc(CNC(=O)c3ccc(-c4cc(F)ccc4C)cn3)cc2C)ccn1. The zero-order valence-corrected chi connectivity index (χ0v) is 18.2. The average molecular weight is 426 g/mol. The van der Waals surface area contributed by atoms with Crippen LogP contribution in [0, 0.1) is 26.6 Å². The summed E-state index contributed by atoms with van der Waals surface area (Å²) in [4.78, 5) is 25.6. The van der Waals surface area contributed by atoms with Gasteiger partial charge in [0.25, 0.3) is 5.91 Å².